The summed E-state index contributed by atoms with van der Waals surface area (Å²) in [5, 5.41) is 34.5. The third-order valence-corrected chi connectivity index (χ3v) is 5.06. The lowest BCUT2D eigenvalue weighted by Gasteiger charge is -2.39. The summed E-state index contributed by atoms with van der Waals surface area (Å²) in [6.07, 6.45) is -5.18. The van der Waals surface area contributed by atoms with Gasteiger partial charge < -0.3 is 25.4 Å². The van der Waals surface area contributed by atoms with Crippen LogP contribution in [0.4, 0.5) is 0 Å². The van der Waals surface area contributed by atoms with Gasteiger partial charge in [-0.2, -0.15) is 0 Å². The van der Waals surface area contributed by atoms with Crippen LogP contribution in [0.15, 0.2) is 35.7 Å². The fourth-order valence-corrected chi connectivity index (χ4v) is 3.49. The quantitative estimate of drug-likeness (QED) is 0.625. The molecule has 0 unspecified atom stereocenters. The number of benzene rings is 1. The maximum Gasteiger partial charge on any atom is 0.270 e. The highest BCUT2D eigenvalue weighted by molar-refractivity contribution is 7.13. The number of nitrogens with one attached hydrogen (secondary N) is 1. The first kappa shape index (κ1) is 18.0. The molecule has 3 rings (SSSR count). The van der Waals surface area contributed by atoms with Crippen molar-refractivity contribution < 1.29 is 24.9 Å². The van der Waals surface area contributed by atoms with Crippen molar-refractivity contribution in [3.05, 3.63) is 41.4 Å². The zero-order valence-corrected chi connectivity index (χ0v) is 14.4. The average molecular weight is 364 g/mol. The molecule has 0 bridgehead atoms. The van der Waals surface area contributed by atoms with Gasteiger partial charge in [0, 0.05) is 17.5 Å². The van der Waals surface area contributed by atoms with E-state index in [1.807, 2.05) is 30.3 Å². The van der Waals surface area contributed by atoms with Crippen LogP contribution in [-0.2, 0) is 4.74 Å². The number of carbonyl (C=O) groups is 1. The molecule has 2 aromatic rings. The first-order valence-electron chi connectivity index (χ1n) is 7.96. The Morgan fingerprint density at radius 3 is 2.64 bits per heavy atom. The monoisotopic (exact) mass is 364 g/mol. The van der Waals surface area contributed by atoms with Gasteiger partial charge in [-0.05, 0) is 6.92 Å². The van der Waals surface area contributed by atoms with Gasteiger partial charge in [0.1, 0.15) is 35.1 Å². The summed E-state index contributed by atoms with van der Waals surface area (Å²) in [5.41, 5.74) is 1.21. The Morgan fingerprint density at radius 1 is 1.20 bits per heavy atom. The summed E-state index contributed by atoms with van der Waals surface area (Å²) in [6.45, 7) is 1.60. The molecule has 1 aromatic heterocycles. The molecule has 2 heterocycles. The standard InChI is InChI=1S/C17H20N2O5S/c1-9-13(20)15(22)14(21)12(24-9)7-18-16(23)11-8-25-17(19-11)10-5-3-2-4-6-10/h2-6,8-9,12-15,20-22H,7H2,1H3,(H,18,23)/t9-,12+,13+,14+,15+/m0/s1. The van der Waals surface area contributed by atoms with Gasteiger partial charge in [-0.15, -0.1) is 11.3 Å². The number of nitrogens with zero attached hydrogens (tertiary/aromatic N) is 1. The summed E-state index contributed by atoms with van der Waals surface area (Å²) in [7, 11) is 0. The molecule has 5 atom stereocenters. The van der Waals surface area contributed by atoms with Crippen LogP contribution in [-0.4, -0.2) is 63.3 Å². The normalized spacial score (nSPS) is 29.4. The molecular weight excluding hydrogens is 344 g/mol. The SMILES string of the molecule is C[C@@H]1O[C@H](CNC(=O)c2csc(-c3ccccc3)n2)[C@@H](O)[C@H](O)[C@@H]1O. The Morgan fingerprint density at radius 2 is 1.92 bits per heavy atom. The van der Waals surface area contributed by atoms with E-state index in [1.54, 1.807) is 12.3 Å². The van der Waals surface area contributed by atoms with E-state index < -0.39 is 30.5 Å². The second-order valence-electron chi connectivity index (χ2n) is 5.97. The van der Waals surface area contributed by atoms with Gasteiger partial charge in [0.2, 0.25) is 0 Å². The smallest absolute Gasteiger partial charge is 0.270 e. The van der Waals surface area contributed by atoms with Gasteiger partial charge in [-0.3, -0.25) is 4.79 Å². The molecule has 1 aliphatic heterocycles. The van der Waals surface area contributed by atoms with Crippen molar-refractivity contribution in [3.8, 4) is 10.6 Å². The van der Waals surface area contributed by atoms with Gasteiger partial charge in [0.05, 0.1) is 6.10 Å². The molecule has 1 fully saturated rings. The lowest BCUT2D eigenvalue weighted by Crippen LogP contribution is -2.59. The van der Waals surface area contributed by atoms with E-state index in [9.17, 15) is 20.1 Å². The van der Waals surface area contributed by atoms with Crippen molar-refractivity contribution in [2.45, 2.75) is 37.4 Å². The minimum absolute atomic E-state index is 0.00627. The minimum atomic E-state index is -1.31. The summed E-state index contributed by atoms with van der Waals surface area (Å²) in [6, 6.07) is 9.55. The first-order valence-corrected chi connectivity index (χ1v) is 8.84. The van der Waals surface area contributed by atoms with Gasteiger partial charge in [0.25, 0.3) is 5.91 Å². The Labute approximate surface area is 148 Å². The predicted molar refractivity (Wildman–Crippen MR) is 92.2 cm³/mol. The number of ether oxygens (including phenoxy) is 1. The Hall–Kier alpha value is -1.84. The highest BCUT2D eigenvalue weighted by Gasteiger charge is 2.41. The highest BCUT2D eigenvalue weighted by atomic mass is 32.1. The van der Waals surface area contributed by atoms with Gasteiger partial charge in [-0.25, -0.2) is 4.98 Å². The fraction of sp³-hybridized carbons (Fsp3) is 0.412. The molecule has 4 N–H and O–H groups in total. The maximum atomic E-state index is 12.3. The van der Waals surface area contributed by atoms with Crippen LogP contribution < -0.4 is 5.32 Å². The minimum Gasteiger partial charge on any atom is -0.388 e. The van der Waals surface area contributed by atoms with Crippen LogP contribution >= 0.6 is 11.3 Å². The van der Waals surface area contributed by atoms with E-state index in [0.29, 0.717) is 0 Å². The molecular formula is C17H20N2O5S. The number of hydrogen-bond acceptors (Lipinski definition) is 7. The molecule has 0 spiro atoms. The fourth-order valence-electron chi connectivity index (χ4n) is 2.68. The first-order chi connectivity index (χ1) is 12.0. The third-order valence-electron chi connectivity index (χ3n) is 4.17. The Bertz CT molecular complexity index is 723. The van der Waals surface area contributed by atoms with E-state index in [1.165, 1.54) is 11.3 Å². The van der Waals surface area contributed by atoms with Crippen LogP contribution in [0.5, 0.6) is 0 Å². The molecule has 7 nitrogen and oxygen atoms in total. The lowest BCUT2D eigenvalue weighted by molar-refractivity contribution is -0.214. The molecule has 1 aliphatic rings. The Balaban J connectivity index is 1.61. The summed E-state index contributed by atoms with van der Waals surface area (Å²) in [4.78, 5) is 16.6. The van der Waals surface area contributed by atoms with E-state index in [4.69, 9.17) is 4.74 Å². The van der Waals surface area contributed by atoms with Crippen molar-refractivity contribution in [3.63, 3.8) is 0 Å². The van der Waals surface area contributed by atoms with E-state index >= 15 is 0 Å². The number of thiazole rings is 1. The van der Waals surface area contributed by atoms with E-state index in [-0.39, 0.29) is 18.1 Å². The molecule has 1 amide bonds. The van der Waals surface area contributed by atoms with Crippen molar-refractivity contribution in [1.82, 2.24) is 10.3 Å². The molecule has 0 saturated carbocycles. The maximum absolute atomic E-state index is 12.3. The van der Waals surface area contributed by atoms with Crippen LogP contribution in [0.25, 0.3) is 10.6 Å². The Kier molecular flexibility index (Phi) is 5.45. The van der Waals surface area contributed by atoms with Crippen molar-refractivity contribution >= 4 is 17.2 Å². The van der Waals surface area contributed by atoms with Crippen LogP contribution in [0, 0.1) is 0 Å². The average Bonchev–Trinajstić information content (AvgIpc) is 3.12. The summed E-state index contributed by atoms with van der Waals surface area (Å²) >= 11 is 1.37. The molecule has 1 saturated heterocycles. The number of aliphatic hydroxyl groups is 3. The molecule has 8 heteroatoms. The second kappa shape index (κ2) is 7.59. The molecule has 134 valence electrons. The van der Waals surface area contributed by atoms with Gasteiger partial charge >= 0.3 is 0 Å². The van der Waals surface area contributed by atoms with Crippen molar-refractivity contribution in [2.75, 3.05) is 6.54 Å². The molecule has 25 heavy (non-hydrogen) atoms. The molecule has 0 aliphatic carbocycles. The third kappa shape index (κ3) is 3.88. The number of aliphatic hydroxyl groups excluding tert-OH is 3. The molecule has 1 aromatic carbocycles. The zero-order valence-electron chi connectivity index (χ0n) is 13.6. The molecule has 0 radical (unpaired) electrons. The lowest BCUT2D eigenvalue weighted by atomic mass is 9.95. The number of carbonyl (C=O) groups excluding carboxylic acids is 1. The predicted octanol–water partition coefficient (Wildman–Crippen LogP) is 0.410. The zero-order chi connectivity index (χ0) is 18.0. The highest BCUT2D eigenvalue weighted by Crippen LogP contribution is 2.23. The van der Waals surface area contributed by atoms with Crippen LogP contribution in [0.2, 0.25) is 0 Å². The van der Waals surface area contributed by atoms with Crippen molar-refractivity contribution in [2.24, 2.45) is 0 Å². The van der Waals surface area contributed by atoms with E-state index in [2.05, 4.69) is 10.3 Å². The number of rotatable bonds is 4. The van der Waals surface area contributed by atoms with Gasteiger partial charge in [0.15, 0.2) is 0 Å². The van der Waals surface area contributed by atoms with Crippen LogP contribution in [0.1, 0.15) is 17.4 Å². The number of aromatic nitrogens is 1. The summed E-state index contributed by atoms with van der Waals surface area (Å²) in [5.74, 6) is -0.387. The van der Waals surface area contributed by atoms with E-state index in [0.717, 1.165) is 10.6 Å². The summed E-state index contributed by atoms with van der Waals surface area (Å²) < 4.78 is 5.45. The van der Waals surface area contributed by atoms with Crippen molar-refractivity contribution in [1.29, 1.82) is 0 Å². The van der Waals surface area contributed by atoms with Gasteiger partial charge in [-0.1, -0.05) is 30.3 Å². The number of amides is 1. The second-order valence-corrected chi connectivity index (χ2v) is 6.82. The number of hydrogen-bond donors (Lipinski definition) is 4. The van der Waals surface area contributed by atoms with Crippen LogP contribution in [0.3, 0.4) is 0 Å². The largest absolute Gasteiger partial charge is 0.388 e. The topological polar surface area (TPSA) is 112 Å².